The molecule has 0 saturated heterocycles. The highest BCUT2D eigenvalue weighted by Crippen LogP contribution is 2.22. The molecule has 2 unspecified atom stereocenters. The Morgan fingerprint density at radius 3 is 2.61 bits per heavy atom. The number of phenolic OH excluding ortho intramolecular Hbond substituents is 1. The van der Waals surface area contributed by atoms with Gasteiger partial charge >= 0.3 is 0 Å². The number of aromatic amines is 1. The Balaban J connectivity index is 2.07. The molecule has 1 heterocycles. The van der Waals surface area contributed by atoms with Crippen LogP contribution in [0.2, 0.25) is 0 Å². The number of nitrogens with one attached hydrogen (secondary N) is 2. The molecule has 18 heavy (non-hydrogen) atoms. The van der Waals surface area contributed by atoms with Gasteiger partial charge in [0.15, 0.2) is 0 Å². The monoisotopic (exact) mass is 246 g/mol. The minimum Gasteiger partial charge on any atom is -0.508 e. The number of aromatic nitrogens is 3. The molecule has 2 rings (SSSR count). The molecule has 0 aliphatic carbocycles. The molecule has 5 heteroatoms. The predicted octanol–water partition coefficient (Wildman–Crippen LogP) is 2.31. The minimum atomic E-state index is 0.103. The maximum absolute atomic E-state index is 9.30. The number of aromatic hydroxyl groups is 1. The molecule has 0 aliphatic rings. The van der Waals surface area contributed by atoms with E-state index in [4.69, 9.17) is 0 Å². The van der Waals surface area contributed by atoms with E-state index in [0.29, 0.717) is 0 Å². The molecule has 0 spiro atoms. The summed E-state index contributed by atoms with van der Waals surface area (Å²) in [6, 6.07) is 7.61. The number of benzene rings is 1. The van der Waals surface area contributed by atoms with Crippen LogP contribution in [0.3, 0.4) is 0 Å². The lowest BCUT2D eigenvalue weighted by atomic mass is 10.0. The zero-order valence-corrected chi connectivity index (χ0v) is 10.6. The smallest absolute Gasteiger partial charge is 0.141 e. The molecule has 0 radical (unpaired) electrons. The van der Waals surface area contributed by atoms with Crippen LogP contribution >= 0.6 is 0 Å². The second kappa shape index (κ2) is 5.64. The Morgan fingerprint density at radius 2 is 2.06 bits per heavy atom. The Kier molecular flexibility index (Phi) is 3.94. The standard InChI is InChI=1S/C13H18N4O/c1-3-12(10-4-6-11(18)7-5-10)16-9(2)13-14-8-15-17-13/h4-9,12,16,18H,3H2,1-2H3,(H,14,15,17). The molecule has 0 saturated carbocycles. The van der Waals surface area contributed by atoms with Gasteiger partial charge in [-0.25, -0.2) is 4.98 Å². The van der Waals surface area contributed by atoms with E-state index in [1.54, 1.807) is 12.1 Å². The van der Waals surface area contributed by atoms with E-state index < -0.39 is 0 Å². The highest BCUT2D eigenvalue weighted by atomic mass is 16.3. The van der Waals surface area contributed by atoms with Crippen LogP contribution in [0.25, 0.3) is 0 Å². The van der Waals surface area contributed by atoms with Gasteiger partial charge in [0.25, 0.3) is 0 Å². The fourth-order valence-electron chi connectivity index (χ4n) is 1.96. The van der Waals surface area contributed by atoms with Crippen molar-refractivity contribution in [1.82, 2.24) is 20.5 Å². The number of H-pyrrole nitrogens is 1. The van der Waals surface area contributed by atoms with Crippen molar-refractivity contribution in [3.63, 3.8) is 0 Å². The van der Waals surface area contributed by atoms with E-state index in [9.17, 15) is 5.11 Å². The molecule has 1 aromatic carbocycles. The van der Waals surface area contributed by atoms with E-state index in [1.165, 1.54) is 6.33 Å². The molecule has 0 amide bonds. The molecule has 0 fully saturated rings. The van der Waals surface area contributed by atoms with E-state index in [2.05, 4.69) is 27.4 Å². The average Bonchev–Trinajstić information content (AvgIpc) is 2.91. The topological polar surface area (TPSA) is 73.8 Å². The van der Waals surface area contributed by atoms with Crippen molar-refractivity contribution in [3.8, 4) is 5.75 Å². The summed E-state index contributed by atoms with van der Waals surface area (Å²) in [5.41, 5.74) is 1.15. The average molecular weight is 246 g/mol. The van der Waals surface area contributed by atoms with Crippen molar-refractivity contribution >= 4 is 0 Å². The molecular weight excluding hydrogens is 228 g/mol. The van der Waals surface area contributed by atoms with Gasteiger partial charge in [0, 0.05) is 6.04 Å². The van der Waals surface area contributed by atoms with Crippen LogP contribution in [0.1, 0.15) is 43.7 Å². The Morgan fingerprint density at radius 1 is 1.33 bits per heavy atom. The summed E-state index contributed by atoms with van der Waals surface area (Å²) < 4.78 is 0. The lowest BCUT2D eigenvalue weighted by Gasteiger charge is -2.21. The Bertz CT molecular complexity index is 466. The lowest BCUT2D eigenvalue weighted by molar-refractivity contribution is 0.441. The third-order valence-electron chi connectivity index (χ3n) is 3.00. The molecule has 3 N–H and O–H groups in total. The normalized spacial score (nSPS) is 14.3. The molecule has 0 aliphatic heterocycles. The van der Waals surface area contributed by atoms with Gasteiger partial charge in [-0.05, 0) is 31.0 Å². The number of rotatable bonds is 5. The van der Waals surface area contributed by atoms with Crippen LogP contribution in [0.4, 0.5) is 0 Å². The van der Waals surface area contributed by atoms with Crippen LogP contribution in [0.5, 0.6) is 5.75 Å². The molecule has 1 aromatic heterocycles. The van der Waals surface area contributed by atoms with Crippen molar-refractivity contribution < 1.29 is 5.11 Å². The van der Waals surface area contributed by atoms with Crippen molar-refractivity contribution in [1.29, 1.82) is 0 Å². The zero-order chi connectivity index (χ0) is 13.0. The number of hydrogen-bond acceptors (Lipinski definition) is 4. The van der Waals surface area contributed by atoms with Crippen LogP contribution in [-0.4, -0.2) is 20.3 Å². The molecule has 96 valence electrons. The fraction of sp³-hybridized carbons (Fsp3) is 0.385. The van der Waals surface area contributed by atoms with Crippen molar-refractivity contribution in [2.75, 3.05) is 0 Å². The minimum absolute atomic E-state index is 0.103. The van der Waals surface area contributed by atoms with Gasteiger partial charge in [0.2, 0.25) is 0 Å². The summed E-state index contributed by atoms with van der Waals surface area (Å²) in [6.07, 6.45) is 2.47. The quantitative estimate of drug-likeness (QED) is 0.757. The second-order valence-corrected chi connectivity index (χ2v) is 4.31. The largest absolute Gasteiger partial charge is 0.508 e. The summed E-state index contributed by atoms with van der Waals surface area (Å²) in [5.74, 6) is 1.11. The van der Waals surface area contributed by atoms with Crippen LogP contribution in [0.15, 0.2) is 30.6 Å². The van der Waals surface area contributed by atoms with Crippen LogP contribution in [0, 0.1) is 0 Å². The van der Waals surface area contributed by atoms with E-state index >= 15 is 0 Å². The van der Waals surface area contributed by atoms with E-state index in [0.717, 1.165) is 17.8 Å². The summed E-state index contributed by atoms with van der Waals surface area (Å²) in [5, 5.41) is 19.5. The van der Waals surface area contributed by atoms with Gasteiger partial charge in [-0.3, -0.25) is 5.10 Å². The SMILES string of the molecule is CCC(NC(C)c1ncn[nH]1)c1ccc(O)cc1. The molecule has 2 atom stereocenters. The summed E-state index contributed by atoms with van der Waals surface area (Å²) in [6.45, 7) is 4.17. The van der Waals surface area contributed by atoms with Gasteiger partial charge in [0.1, 0.15) is 17.9 Å². The summed E-state index contributed by atoms with van der Waals surface area (Å²) in [7, 11) is 0. The van der Waals surface area contributed by atoms with Gasteiger partial charge in [-0.2, -0.15) is 5.10 Å². The molecular formula is C13H18N4O. The highest BCUT2D eigenvalue weighted by molar-refractivity contribution is 5.28. The first-order chi connectivity index (χ1) is 8.70. The molecule has 5 nitrogen and oxygen atoms in total. The first kappa shape index (κ1) is 12.6. The van der Waals surface area contributed by atoms with Crippen LogP contribution in [-0.2, 0) is 0 Å². The summed E-state index contributed by atoms with van der Waals surface area (Å²) >= 11 is 0. The first-order valence-corrected chi connectivity index (χ1v) is 6.11. The highest BCUT2D eigenvalue weighted by Gasteiger charge is 2.15. The maximum atomic E-state index is 9.30. The number of nitrogens with zero attached hydrogens (tertiary/aromatic N) is 2. The Labute approximate surface area is 106 Å². The number of hydrogen-bond donors (Lipinski definition) is 3. The van der Waals surface area contributed by atoms with Crippen molar-refractivity contribution in [3.05, 3.63) is 42.0 Å². The molecule has 2 aromatic rings. The molecule has 0 bridgehead atoms. The van der Waals surface area contributed by atoms with E-state index in [1.807, 2.05) is 19.1 Å². The van der Waals surface area contributed by atoms with Gasteiger partial charge in [0.05, 0.1) is 6.04 Å². The lowest BCUT2D eigenvalue weighted by Crippen LogP contribution is -2.25. The summed E-state index contributed by atoms with van der Waals surface area (Å²) in [4.78, 5) is 4.14. The van der Waals surface area contributed by atoms with Crippen molar-refractivity contribution in [2.24, 2.45) is 0 Å². The Hall–Kier alpha value is -1.88. The second-order valence-electron chi connectivity index (χ2n) is 4.31. The van der Waals surface area contributed by atoms with Crippen LogP contribution < -0.4 is 5.32 Å². The number of phenols is 1. The third kappa shape index (κ3) is 2.87. The third-order valence-corrected chi connectivity index (χ3v) is 3.00. The van der Waals surface area contributed by atoms with Gasteiger partial charge in [-0.15, -0.1) is 0 Å². The van der Waals surface area contributed by atoms with Crippen molar-refractivity contribution in [2.45, 2.75) is 32.4 Å². The zero-order valence-electron chi connectivity index (χ0n) is 10.6. The van der Waals surface area contributed by atoms with Gasteiger partial charge in [-0.1, -0.05) is 19.1 Å². The first-order valence-electron chi connectivity index (χ1n) is 6.11. The van der Waals surface area contributed by atoms with E-state index in [-0.39, 0.29) is 17.8 Å². The fourth-order valence-corrected chi connectivity index (χ4v) is 1.96. The maximum Gasteiger partial charge on any atom is 0.141 e. The van der Waals surface area contributed by atoms with Gasteiger partial charge < -0.3 is 10.4 Å². The predicted molar refractivity (Wildman–Crippen MR) is 69.1 cm³/mol.